The number of Topliss-reactive ketones (excluding diaryl/α,β-unsaturated/α-hetero) is 1. The van der Waals surface area contributed by atoms with E-state index in [1.807, 2.05) is 0 Å². The Labute approximate surface area is 119 Å². The third-order valence-electron chi connectivity index (χ3n) is 4.61. The molecule has 1 nitrogen and oxygen atoms in total. The van der Waals surface area contributed by atoms with Crippen LogP contribution in [0, 0.1) is 11.8 Å². The lowest BCUT2D eigenvalue weighted by atomic mass is 9.86. The van der Waals surface area contributed by atoms with E-state index in [1.165, 1.54) is 64.2 Å². The van der Waals surface area contributed by atoms with Crippen LogP contribution in [0.25, 0.3) is 0 Å². The van der Waals surface area contributed by atoms with Crippen LogP contribution in [0.1, 0.15) is 84.0 Å². The molecule has 0 radical (unpaired) electrons. The molecular weight excluding hydrogens is 232 g/mol. The quantitative estimate of drug-likeness (QED) is 0.596. The number of hydrogen-bond acceptors (Lipinski definition) is 1. The molecule has 0 aromatic carbocycles. The molecule has 2 fully saturated rings. The summed E-state index contributed by atoms with van der Waals surface area (Å²) in [6, 6.07) is 0. The molecule has 0 atom stereocenters. The second-order valence-electron chi connectivity index (χ2n) is 6.38. The molecule has 2 rings (SSSR count). The Morgan fingerprint density at radius 2 is 1.53 bits per heavy atom. The lowest BCUT2D eigenvalue weighted by Gasteiger charge is -2.20. The van der Waals surface area contributed by atoms with Crippen LogP contribution in [0.2, 0.25) is 0 Å². The maximum atomic E-state index is 10.7. The van der Waals surface area contributed by atoms with Crippen molar-refractivity contribution in [3.8, 4) is 0 Å². The second-order valence-corrected chi connectivity index (χ2v) is 6.38. The SMILES string of the molecule is C=CC1CCCCC1.CC(=O)CCC1CCCCC1. The minimum absolute atomic E-state index is 0.357. The topological polar surface area (TPSA) is 17.1 Å². The van der Waals surface area contributed by atoms with Crippen molar-refractivity contribution in [3.63, 3.8) is 0 Å². The van der Waals surface area contributed by atoms with E-state index in [-0.39, 0.29) is 0 Å². The second kappa shape index (κ2) is 10.2. The predicted molar refractivity (Wildman–Crippen MR) is 83.3 cm³/mol. The van der Waals surface area contributed by atoms with Crippen LogP contribution < -0.4 is 0 Å². The Morgan fingerprint density at radius 1 is 1.00 bits per heavy atom. The molecule has 110 valence electrons. The van der Waals surface area contributed by atoms with Crippen molar-refractivity contribution in [2.24, 2.45) is 11.8 Å². The fourth-order valence-electron chi connectivity index (χ4n) is 3.25. The first-order valence-corrected chi connectivity index (χ1v) is 8.34. The van der Waals surface area contributed by atoms with Gasteiger partial charge in [0, 0.05) is 6.42 Å². The van der Waals surface area contributed by atoms with E-state index in [1.54, 1.807) is 6.92 Å². The van der Waals surface area contributed by atoms with E-state index in [4.69, 9.17) is 0 Å². The normalized spacial score (nSPS) is 21.3. The maximum Gasteiger partial charge on any atom is 0.129 e. The van der Waals surface area contributed by atoms with E-state index in [9.17, 15) is 4.79 Å². The summed E-state index contributed by atoms with van der Waals surface area (Å²) in [5.41, 5.74) is 0. The van der Waals surface area contributed by atoms with Gasteiger partial charge in [-0.1, -0.05) is 57.4 Å². The molecular formula is C18H32O. The fourth-order valence-corrected chi connectivity index (χ4v) is 3.25. The fraction of sp³-hybridized carbons (Fsp3) is 0.833. The van der Waals surface area contributed by atoms with Crippen molar-refractivity contribution < 1.29 is 4.79 Å². The largest absolute Gasteiger partial charge is 0.300 e. The monoisotopic (exact) mass is 264 g/mol. The summed E-state index contributed by atoms with van der Waals surface area (Å²) in [5.74, 6) is 2.08. The van der Waals surface area contributed by atoms with Crippen molar-refractivity contribution >= 4 is 5.78 Å². The van der Waals surface area contributed by atoms with Gasteiger partial charge in [-0.15, -0.1) is 6.58 Å². The summed E-state index contributed by atoms with van der Waals surface area (Å²) in [4.78, 5) is 10.7. The van der Waals surface area contributed by atoms with Crippen LogP contribution in [0.15, 0.2) is 12.7 Å². The molecule has 19 heavy (non-hydrogen) atoms. The van der Waals surface area contributed by atoms with Crippen molar-refractivity contribution in [3.05, 3.63) is 12.7 Å². The molecule has 0 unspecified atom stereocenters. The molecule has 2 aliphatic rings. The van der Waals surface area contributed by atoms with E-state index < -0.39 is 0 Å². The highest BCUT2D eigenvalue weighted by Crippen LogP contribution is 2.27. The van der Waals surface area contributed by atoms with Crippen molar-refractivity contribution in [1.82, 2.24) is 0 Å². The number of rotatable bonds is 4. The molecule has 0 amide bonds. The Morgan fingerprint density at radius 3 is 1.95 bits per heavy atom. The van der Waals surface area contributed by atoms with E-state index in [0.29, 0.717) is 5.78 Å². The summed E-state index contributed by atoms with van der Waals surface area (Å²) in [7, 11) is 0. The zero-order valence-corrected chi connectivity index (χ0v) is 12.8. The number of allylic oxidation sites excluding steroid dienone is 1. The summed E-state index contributed by atoms with van der Waals surface area (Å²) < 4.78 is 0. The molecule has 0 aromatic heterocycles. The zero-order chi connectivity index (χ0) is 13.9. The highest BCUT2D eigenvalue weighted by Gasteiger charge is 2.13. The van der Waals surface area contributed by atoms with Gasteiger partial charge in [0.2, 0.25) is 0 Å². The van der Waals surface area contributed by atoms with Gasteiger partial charge in [-0.3, -0.25) is 0 Å². The van der Waals surface area contributed by atoms with Crippen LogP contribution >= 0.6 is 0 Å². The molecule has 0 bridgehead atoms. The van der Waals surface area contributed by atoms with Crippen LogP contribution in [-0.4, -0.2) is 5.78 Å². The molecule has 0 N–H and O–H groups in total. The first-order valence-electron chi connectivity index (χ1n) is 8.34. The van der Waals surface area contributed by atoms with Gasteiger partial charge < -0.3 is 4.79 Å². The Kier molecular flexibility index (Phi) is 8.86. The van der Waals surface area contributed by atoms with Gasteiger partial charge in [-0.25, -0.2) is 0 Å². The number of ketones is 1. The number of carbonyl (C=O) groups excluding carboxylic acids is 1. The molecule has 0 aromatic rings. The molecule has 0 saturated heterocycles. The molecule has 2 aliphatic carbocycles. The van der Waals surface area contributed by atoms with Gasteiger partial charge in [0.05, 0.1) is 0 Å². The van der Waals surface area contributed by atoms with Gasteiger partial charge >= 0.3 is 0 Å². The van der Waals surface area contributed by atoms with Crippen LogP contribution in [0.5, 0.6) is 0 Å². The first-order chi connectivity index (χ1) is 9.22. The summed E-state index contributed by atoms with van der Waals surface area (Å²) in [6.45, 7) is 5.48. The van der Waals surface area contributed by atoms with Gasteiger partial charge in [-0.2, -0.15) is 0 Å². The van der Waals surface area contributed by atoms with Crippen molar-refractivity contribution in [2.45, 2.75) is 84.0 Å². The highest BCUT2D eigenvalue weighted by molar-refractivity contribution is 5.75. The standard InChI is InChI=1S/C10H18O.C8H14/c1-9(11)7-8-10-5-3-2-4-6-10;1-2-8-6-4-3-5-7-8/h10H,2-8H2,1H3;2,8H,1,3-7H2. The Balaban J connectivity index is 0.000000200. The third-order valence-corrected chi connectivity index (χ3v) is 4.61. The highest BCUT2D eigenvalue weighted by atomic mass is 16.1. The molecule has 0 spiro atoms. The summed E-state index contributed by atoms with van der Waals surface area (Å²) in [5, 5.41) is 0. The van der Waals surface area contributed by atoms with Gasteiger partial charge in [-0.05, 0) is 38.0 Å². The minimum Gasteiger partial charge on any atom is -0.300 e. The Hall–Kier alpha value is -0.590. The van der Waals surface area contributed by atoms with Gasteiger partial charge in [0.15, 0.2) is 0 Å². The lowest BCUT2D eigenvalue weighted by Crippen LogP contribution is -2.07. The smallest absolute Gasteiger partial charge is 0.129 e. The molecule has 1 heteroatoms. The summed E-state index contributed by atoms with van der Waals surface area (Å²) in [6.07, 6.45) is 18.1. The number of hydrogen-bond donors (Lipinski definition) is 0. The van der Waals surface area contributed by atoms with E-state index in [0.717, 1.165) is 24.7 Å². The van der Waals surface area contributed by atoms with Crippen LogP contribution in [0.3, 0.4) is 0 Å². The molecule has 0 aliphatic heterocycles. The van der Waals surface area contributed by atoms with E-state index >= 15 is 0 Å². The molecule has 2 saturated carbocycles. The Bertz CT molecular complexity index is 244. The number of carbonyl (C=O) groups is 1. The lowest BCUT2D eigenvalue weighted by molar-refractivity contribution is -0.117. The minimum atomic E-state index is 0.357. The van der Waals surface area contributed by atoms with Crippen LogP contribution in [0.4, 0.5) is 0 Å². The average molecular weight is 264 g/mol. The van der Waals surface area contributed by atoms with Crippen molar-refractivity contribution in [1.29, 1.82) is 0 Å². The average Bonchev–Trinajstić information content (AvgIpc) is 2.48. The zero-order valence-electron chi connectivity index (χ0n) is 12.8. The molecule has 0 heterocycles. The first kappa shape index (κ1) is 16.5. The third kappa shape index (κ3) is 8.23. The predicted octanol–water partition coefficient (Wildman–Crippen LogP) is 5.69. The van der Waals surface area contributed by atoms with Crippen LogP contribution in [-0.2, 0) is 4.79 Å². The maximum absolute atomic E-state index is 10.7. The van der Waals surface area contributed by atoms with E-state index in [2.05, 4.69) is 12.7 Å². The summed E-state index contributed by atoms with van der Waals surface area (Å²) >= 11 is 0. The van der Waals surface area contributed by atoms with Gasteiger partial charge in [0.1, 0.15) is 5.78 Å². The van der Waals surface area contributed by atoms with Gasteiger partial charge in [0.25, 0.3) is 0 Å². The van der Waals surface area contributed by atoms with Crippen molar-refractivity contribution in [2.75, 3.05) is 0 Å².